The molecule has 20 heavy (non-hydrogen) atoms. The van der Waals surface area contributed by atoms with Crippen LogP contribution in [0.5, 0.6) is 0 Å². The van der Waals surface area contributed by atoms with Crippen LogP contribution in [-0.2, 0) is 7.05 Å². The predicted octanol–water partition coefficient (Wildman–Crippen LogP) is 3.86. The second kappa shape index (κ2) is 7.08. The molecule has 0 radical (unpaired) electrons. The zero-order chi connectivity index (χ0) is 14.4. The van der Waals surface area contributed by atoms with E-state index < -0.39 is 0 Å². The Morgan fingerprint density at radius 1 is 1.20 bits per heavy atom. The number of benzene rings is 1. The third-order valence-electron chi connectivity index (χ3n) is 3.51. The van der Waals surface area contributed by atoms with Crippen molar-refractivity contribution in [2.75, 3.05) is 5.32 Å². The molecule has 4 heteroatoms. The van der Waals surface area contributed by atoms with E-state index in [4.69, 9.17) is 0 Å². The highest BCUT2D eigenvalue weighted by Crippen LogP contribution is 2.19. The summed E-state index contributed by atoms with van der Waals surface area (Å²) in [6.07, 6.45) is 6.83. The number of aryl methyl sites for hydroxylation is 1. The highest BCUT2D eigenvalue weighted by Gasteiger charge is 2.05. The van der Waals surface area contributed by atoms with Crippen molar-refractivity contribution in [3.05, 3.63) is 30.6 Å². The molecule has 1 N–H and O–H groups in total. The van der Waals surface area contributed by atoms with E-state index in [0.717, 1.165) is 11.4 Å². The normalized spacial score (nSPS) is 12.3. The number of aromatic nitrogens is 3. The van der Waals surface area contributed by atoms with Crippen molar-refractivity contribution in [2.24, 2.45) is 7.05 Å². The standard InChI is InChI=1S/C16H24N4/c1-4-5-6-7-13(2)18-15-10-8-14(9-11-15)16-19-17-12-20(16)3/h8-13,18H,4-7H2,1-3H3. The summed E-state index contributed by atoms with van der Waals surface area (Å²) < 4.78 is 1.93. The lowest BCUT2D eigenvalue weighted by Gasteiger charge is -2.15. The summed E-state index contributed by atoms with van der Waals surface area (Å²) >= 11 is 0. The van der Waals surface area contributed by atoms with Crippen LogP contribution in [0.15, 0.2) is 30.6 Å². The number of unbranched alkanes of at least 4 members (excludes halogenated alkanes) is 2. The number of hydrogen-bond donors (Lipinski definition) is 1. The van der Waals surface area contributed by atoms with Gasteiger partial charge in [-0.2, -0.15) is 0 Å². The van der Waals surface area contributed by atoms with Crippen LogP contribution in [0.1, 0.15) is 39.5 Å². The fourth-order valence-electron chi connectivity index (χ4n) is 2.32. The number of nitrogens with one attached hydrogen (secondary N) is 1. The van der Waals surface area contributed by atoms with E-state index in [1.807, 2.05) is 11.6 Å². The van der Waals surface area contributed by atoms with Crippen molar-refractivity contribution in [2.45, 2.75) is 45.6 Å². The number of anilines is 1. The Morgan fingerprint density at radius 3 is 2.55 bits per heavy atom. The lowest BCUT2D eigenvalue weighted by molar-refractivity contribution is 0.615. The fraction of sp³-hybridized carbons (Fsp3) is 0.500. The van der Waals surface area contributed by atoms with E-state index in [0.29, 0.717) is 6.04 Å². The van der Waals surface area contributed by atoms with Crippen LogP contribution in [-0.4, -0.2) is 20.8 Å². The maximum atomic E-state index is 4.12. The molecule has 0 saturated heterocycles. The lowest BCUT2D eigenvalue weighted by Crippen LogP contribution is -2.14. The van der Waals surface area contributed by atoms with Crippen molar-refractivity contribution in [3.63, 3.8) is 0 Å². The zero-order valence-electron chi connectivity index (χ0n) is 12.6. The summed E-state index contributed by atoms with van der Waals surface area (Å²) in [6.45, 7) is 4.48. The number of nitrogens with zero attached hydrogens (tertiary/aromatic N) is 3. The van der Waals surface area contributed by atoms with Gasteiger partial charge in [0.25, 0.3) is 0 Å². The Balaban J connectivity index is 1.93. The van der Waals surface area contributed by atoms with Crippen LogP contribution in [0.4, 0.5) is 5.69 Å². The summed E-state index contributed by atoms with van der Waals surface area (Å²) in [5.74, 6) is 0.896. The molecule has 108 valence electrons. The molecular formula is C16H24N4. The first-order valence-electron chi connectivity index (χ1n) is 7.41. The largest absolute Gasteiger partial charge is 0.383 e. The second-order valence-electron chi connectivity index (χ2n) is 5.38. The van der Waals surface area contributed by atoms with Crippen molar-refractivity contribution in [1.29, 1.82) is 0 Å². The molecule has 0 fully saturated rings. The molecule has 0 spiro atoms. The van der Waals surface area contributed by atoms with Crippen molar-refractivity contribution in [3.8, 4) is 11.4 Å². The Bertz CT molecular complexity index is 516. The molecule has 2 rings (SSSR count). The van der Waals surface area contributed by atoms with Gasteiger partial charge in [-0.3, -0.25) is 0 Å². The van der Waals surface area contributed by atoms with Crippen LogP contribution < -0.4 is 5.32 Å². The molecule has 1 heterocycles. The van der Waals surface area contributed by atoms with Gasteiger partial charge in [-0.15, -0.1) is 10.2 Å². The van der Waals surface area contributed by atoms with Crippen molar-refractivity contribution >= 4 is 5.69 Å². The van der Waals surface area contributed by atoms with E-state index in [-0.39, 0.29) is 0 Å². The molecule has 1 atom stereocenters. The molecule has 0 aliphatic rings. The fourth-order valence-corrected chi connectivity index (χ4v) is 2.32. The average Bonchev–Trinajstić information content (AvgIpc) is 2.86. The zero-order valence-corrected chi connectivity index (χ0v) is 12.6. The van der Waals surface area contributed by atoms with Gasteiger partial charge in [-0.05, 0) is 37.6 Å². The van der Waals surface area contributed by atoms with Gasteiger partial charge in [0.1, 0.15) is 6.33 Å². The third kappa shape index (κ3) is 3.83. The van der Waals surface area contributed by atoms with Crippen LogP contribution in [0, 0.1) is 0 Å². The topological polar surface area (TPSA) is 42.7 Å². The molecule has 1 aromatic heterocycles. The average molecular weight is 272 g/mol. The first kappa shape index (κ1) is 14.6. The minimum atomic E-state index is 0.516. The first-order valence-corrected chi connectivity index (χ1v) is 7.41. The van der Waals surface area contributed by atoms with Gasteiger partial charge < -0.3 is 9.88 Å². The Kier molecular flexibility index (Phi) is 5.16. The van der Waals surface area contributed by atoms with Gasteiger partial charge in [-0.25, -0.2) is 0 Å². The van der Waals surface area contributed by atoms with E-state index >= 15 is 0 Å². The quantitative estimate of drug-likeness (QED) is 0.778. The van der Waals surface area contributed by atoms with E-state index in [9.17, 15) is 0 Å². The summed E-state index contributed by atoms with van der Waals surface area (Å²) in [5.41, 5.74) is 2.26. The Labute approximate surface area is 121 Å². The second-order valence-corrected chi connectivity index (χ2v) is 5.38. The number of hydrogen-bond acceptors (Lipinski definition) is 3. The predicted molar refractivity (Wildman–Crippen MR) is 83.7 cm³/mol. The molecule has 0 aliphatic heterocycles. The minimum Gasteiger partial charge on any atom is -0.383 e. The molecule has 0 bridgehead atoms. The molecule has 4 nitrogen and oxygen atoms in total. The Morgan fingerprint density at radius 2 is 1.95 bits per heavy atom. The van der Waals surface area contributed by atoms with Crippen LogP contribution in [0.3, 0.4) is 0 Å². The molecular weight excluding hydrogens is 248 g/mol. The van der Waals surface area contributed by atoms with Gasteiger partial charge in [0.15, 0.2) is 5.82 Å². The van der Waals surface area contributed by atoms with Gasteiger partial charge in [0, 0.05) is 24.3 Å². The molecule has 0 aliphatic carbocycles. The van der Waals surface area contributed by atoms with Crippen molar-refractivity contribution in [1.82, 2.24) is 14.8 Å². The molecule has 0 saturated carbocycles. The lowest BCUT2D eigenvalue weighted by atomic mass is 10.1. The van der Waals surface area contributed by atoms with Gasteiger partial charge in [0.2, 0.25) is 0 Å². The monoisotopic (exact) mass is 272 g/mol. The van der Waals surface area contributed by atoms with Crippen LogP contribution in [0.2, 0.25) is 0 Å². The van der Waals surface area contributed by atoms with E-state index in [1.54, 1.807) is 6.33 Å². The summed E-state index contributed by atoms with van der Waals surface area (Å²) in [7, 11) is 1.96. The molecule has 0 amide bonds. The highest BCUT2D eigenvalue weighted by molar-refractivity contribution is 5.59. The Hall–Kier alpha value is -1.84. The van der Waals surface area contributed by atoms with Crippen LogP contribution >= 0.6 is 0 Å². The maximum Gasteiger partial charge on any atom is 0.163 e. The summed E-state index contributed by atoms with van der Waals surface area (Å²) in [5, 5.41) is 11.6. The molecule has 1 aromatic carbocycles. The van der Waals surface area contributed by atoms with E-state index in [2.05, 4.69) is 53.6 Å². The minimum absolute atomic E-state index is 0.516. The first-order chi connectivity index (χ1) is 9.70. The summed E-state index contributed by atoms with van der Waals surface area (Å²) in [6, 6.07) is 8.92. The third-order valence-corrected chi connectivity index (χ3v) is 3.51. The van der Waals surface area contributed by atoms with Crippen LogP contribution in [0.25, 0.3) is 11.4 Å². The maximum absolute atomic E-state index is 4.12. The highest BCUT2D eigenvalue weighted by atomic mass is 15.2. The smallest absolute Gasteiger partial charge is 0.163 e. The van der Waals surface area contributed by atoms with Gasteiger partial charge >= 0.3 is 0 Å². The summed E-state index contributed by atoms with van der Waals surface area (Å²) in [4.78, 5) is 0. The van der Waals surface area contributed by atoms with Gasteiger partial charge in [0.05, 0.1) is 0 Å². The molecule has 1 unspecified atom stereocenters. The van der Waals surface area contributed by atoms with E-state index in [1.165, 1.54) is 31.4 Å². The molecule has 2 aromatic rings. The number of rotatable bonds is 7. The SMILES string of the molecule is CCCCCC(C)Nc1ccc(-c2nncn2C)cc1. The van der Waals surface area contributed by atoms with Crippen molar-refractivity contribution < 1.29 is 0 Å². The van der Waals surface area contributed by atoms with Gasteiger partial charge in [-0.1, -0.05) is 26.2 Å².